The van der Waals surface area contributed by atoms with Crippen molar-refractivity contribution in [3.63, 3.8) is 0 Å². The minimum atomic E-state index is -0.188. The van der Waals surface area contributed by atoms with Crippen LogP contribution in [0.15, 0.2) is 24.3 Å². The van der Waals surface area contributed by atoms with Gasteiger partial charge in [-0.1, -0.05) is 12.1 Å². The summed E-state index contributed by atoms with van der Waals surface area (Å²) in [6.45, 7) is 1.94. The average Bonchev–Trinajstić information content (AvgIpc) is 2.65. The first-order valence-corrected chi connectivity index (χ1v) is 5.39. The predicted octanol–water partition coefficient (Wildman–Crippen LogP) is 1.78. The monoisotopic (exact) mass is 209 g/mol. The summed E-state index contributed by atoms with van der Waals surface area (Å²) in [4.78, 5) is 2.22. The highest BCUT2D eigenvalue weighted by atomic mass is 19.1. The predicted molar refractivity (Wildman–Crippen MR) is 56.9 cm³/mol. The SMILES string of the molecule is OCC1CCCN1Cc1cccc(F)c1. The molecule has 0 amide bonds. The van der Waals surface area contributed by atoms with Crippen LogP contribution in [-0.2, 0) is 6.54 Å². The van der Waals surface area contributed by atoms with Crippen molar-refractivity contribution in [1.29, 1.82) is 0 Å². The zero-order valence-electron chi connectivity index (χ0n) is 8.69. The van der Waals surface area contributed by atoms with Crippen LogP contribution in [0.1, 0.15) is 18.4 Å². The Morgan fingerprint density at radius 3 is 3.07 bits per heavy atom. The Hall–Kier alpha value is -0.930. The lowest BCUT2D eigenvalue weighted by atomic mass is 10.2. The van der Waals surface area contributed by atoms with Crippen molar-refractivity contribution >= 4 is 0 Å². The number of nitrogens with zero attached hydrogens (tertiary/aromatic N) is 1. The highest BCUT2D eigenvalue weighted by molar-refractivity contribution is 5.16. The second kappa shape index (κ2) is 4.73. The maximum atomic E-state index is 13.0. The van der Waals surface area contributed by atoms with E-state index in [-0.39, 0.29) is 18.5 Å². The molecule has 0 saturated carbocycles. The van der Waals surface area contributed by atoms with Gasteiger partial charge in [0.2, 0.25) is 0 Å². The molecule has 82 valence electrons. The van der Waals surface area contributed by atoms with Gasteiger partial charge in [-0.25, -0.2) is 4.39 Å². The van der Waals surface area contributed by atoms with Crippen molar-refractivity contribution in [1.82, 2.24) is 4.90 Å². The molecule has 1 heterocycles. The summed E-state index contributed by atoms with van der Waals surface area (Å²) in [5.41, 5.74) is 0.982. The van der Waals surface area contributed by atoms with Crippen LogP contribution in [0.25, 0.3) is 0 Å². The van der Waals surface area contributed by atoms with Crippen LogP contribution in [0, 0.1) is 5.82 Å². The third kappa shape index (κ3) is 2.55. The summed E-state index contributed by atoms with van der Waals surface area (Å²) in [5, 5.41) is 9.15. The van der Waals surface area contributed by atoms with Gasteiger partial charge in [-0.05, 0) is 37.1 Å². The van der Waals surface area contributed by atoms with E-state index in [2.05, 4.69) is 4.90 Å². The van der Waals surface area contributed by atoms with Gasteiger partial charge in [0, 0.05) is 12.6 Å². The zero-order chi connectivity index (χ0) is 10.7. The van der Waals surface area contributed by atoms with Crippen molar-refractivity contribution in [2.45, 2.75) is 25.4 Å². The fraction of sp³-hybridized carbons (Fsp3) is 0.500. The summed E-state index contributed by atoms with van der Waals surface area (Å²) in [5.74, 6) is -0.188. The van der Waals surface area contributed by atoms with E-state index in [1.54, 1.807) is 12.1 Å². The van der Waals surface area contributed by atoms with Crippen LogP contribution in [0.3, 0.4) is 0 Å². The smallest absolute Gasteiger partial charge is 0.123 e. The van der Waals surface area contributed by atoms with Crippen LogP contribution in [0.5, 0.6) is 0 Å². The Labute approximate surface area is 89.3 Å². The van der Waals surface area contributed by atoms with Gasteiger partial charge in [-0.15, -0.1) is 0 Å². The number of rotatable bonds is 3. The molecule has 1 aliphatic heterocycles. The number of aliphatic hydroxyl groups is 1. The van der Waals surface area contributed by atoms with E-state index in [1.165, 1.54) is 6.07 Å². The Balaban J connectivity index is 2.02. The van der Waals surface area contributed by atoms with Gasteiger partial charge in [0.25, 0.3) is 0 Å². The van der Waals surface area contributed by atoms with E-state index in [9.17, 15) is 4.39 Å². The van der Waals surface area contributed by atoms with Crippen molar-refractivity contribution in [2.75, 3.05) is 13.2 Å². The number of hydrogen-bond acceptors (Lipinski definition) is 2. The van der Waals surface area contributed by atoms with Gasteiger partial charge < -0.3 is 5.11 Å². The van der Waals surface area contributed by atoms with Gasteiger partial charge in [-0.2, -0.15) is 0 Å². The maximum absolute atomic E-state index is 13.0. The molecular formula is C12H16FNO. The highest BCUT2D eigenvalue weighted by Crippen LogP contribution is 2.19. The summed E-state index contributed by atoms with van der Waals surface area (Å²) in [6, 6.07) is 6.93. The Morgan fingerprint density at radius 2 is 2.33 bits per heavy atom. The third-order valence-corrected chi connectivity index (χ3v) is 2.98. The number of hydrogen-bond donors (Lipinski definition) is 1. The largest absolute Gasteiger partial charge is 0.395 e. The van der Waals surface area contributed by atoms with Gasteiger partial charge >= 0.3 is 0 Å². The van der Waals surface area contributed by atoms with Crippen molar-refractivity contribution in [2.24, 2.45) is 0 Å². The minimum absolute atomic E-state index is 0.188. The standard InChI is InChI=1S/C12H16FNO/c13-11-4-1-3-10(7-11)8-14-6-2-5-12(14)9-15/h1,3-4,7,12,15H,2,5-6,8-9H2. The molecule has 1 fully saturated rings. The first-order valence-electron chi connectivity index (χ1n) is 5.39. The van der Waals surface area contributed by atoms with E-state index in [0.717, 1.165) is 31.5 Å². The molecule has 1 aromatic rings. The van der Waals surface area contributed by atoms with E-state index < -0.39 is 0 Å². The molecule has 1 saturated heterocycles. The molecule has 15 heavy (non-hydrogen) atoms. The lowest BCUT2D eigenvalue weighted by Crippen LogP contribution is -2.31. The molecule has 1 N–H and O–H groups in total. The van der Waals surface area contributed by atoms with Crippen LogP contribution in [0.4, 0.5) is 4.39 Å². The molecule has 1 unspecified atom stereocenters. The molecule has 1 atom stereocenters. The minimum Gasteiger partial charge on any atom is -0.395 e. The van der Waals surface area contributed by atoms with E-state index in [4.69, 9.17) is 5.11 Å². The second-order valence-corrected chi connectivity index (χ2v) is 4.08. The molecule has 0 aliphatic carbocycles. The maximum Gasteiger partial charge on any atom is 0.123 e. The first kappa shape index (κ1) is 10.6. The molecular weight excluding hydrogens is 193 g/mol. The molecule has 1 aromatic carbocycles. The van der Waals surface area contributed by atoms with Crippen LogP contribution >= 0.6 is 0 Å². The van der Waals surface area contributed by atoms with Crippen LogP contribution < -0.4 is 0 Å². The van der Waals surface area contributed by atoms with Gasteiger partial charge in [0.05, 0.1) is 6.61 Å². The lowest BCUT2D eigenvalue weighted by Gasteiger charge is -2.22. The number of halogens is 1. The Bertz CT molecular complexity index is 329. The quantitative estimate of drug-likeness (QED) is 0.820. The normalized spacial score (nSPS) is 22.1. The summed E-state index contributed by atoms with van der Waals surface area (Å²) in [7, 11) is 0. The first-order chi connectivity index (χ1) is 7.29. The summed E-state index contributed by atoms with van der Waals surface area (Å²) < 4.78 is 13.0. The summed E-state index contributed by atoms with van der Waals surface area (Å²) >= 11 is 0. The van der Waals surface area contributed by atoms with Gasteiger partial charge in [-0.3, -0.25) is 4.90 Å². The third-order valence-electron chi connectivity index (χ3n) is 2.98. The van der Waals surface area contributed by atoms with Gasteiger partial charge in [0.15, 0.2) is 0 Å². The fourth-order valence-electron chi connectivity index (χ4n) is 2.18. The molecule has 1 aliphatic rings. The fourth-order valence-corrected chi connectivity index (χ4v) is 2.18. The van der Waals surface area contributed by atoms with Crippen molar-refractivity contribution < 1.29 is 9.50 Å². The van der Waals surface area contributed by atoms with Crippen molar-refractivity contribution in [3.8, 4) is 0 Å². The lowest BCUT2D eigenvalue weighted by molar-refractivity contribution is 0.153. The molecule has 2 nitrogen and oxygen atoms in total. The topological polar surface area (TPSA) is 23.5 Å². The summed E-state index contributed by atoms with van der Waals surface area (Å²) in [6.07, 6.45) is 2.17. The van der Waals surface area contributed by atoms with E-state index in [1.807, 2.05) is 6.07 Å². The molecule has 3 heteroatoms. The molecule has 2 rings (SSSR count). The Kier molecular flexibility index (Phi) is 3.34. The number of aliphatic hydroxyl groups excluding tert-OH is 1. The van der Waals surface area contributed by atoms with E-state index in [0.29, 0.717) is 0 Å². The molecule has 0 bridgehead atoms. The molecule has 0 radical (unpaired) electrons. The highest BCUT2D eigenvalue weighted by Gasteiger charge is 2.23. The second-order valence-electron chi connectivity index (χ2n) is 4.08. The number of likely N-dealkylation sites (tertiary alicyclic amines) is 1. The Morgan fingerprint density at radius 1 is 1.47 bits per heavy atom. The number of benzene rings is 1. The molecule has 0 aromatic heterocycles. The average molecular weight is 209 g/mol. The van der Waals surface area contributed by atoms with Crippen LogP contribution in [0.2, 0.25) is 0 Å². The van der Waals surface area contributed by atoms with Gasteiger partial charge in [0.1, 0.15) is 5.82 Å². The van der Waals surface area contributed by atoms with Crippen LogP contribution in [-0.4, -0.2) is 29.2 Å². The van der Waals surface area contributed by atoms with E-state index >= 15 is 0 Å². The molecule has 0 spiro atoms. The van der Waals surface area contributed by atoms with Crippen molar-refractivity contribution in [3.05, 3.63) is 35.6 Å². The zero-order valence-corrected chi connectivity index (χ0v) is 8.69.